The molecule has 1 atom stereocenters. The molecule has 4 aromatic rings. The van der Waals surface area contributed by atoms with Gasteiger partial charge in [0.05, 0.1) is 42.7 Å². The summed E-state index contributed by atoms with van der Waals surface area (Å²) in [4.78, 5) is 38.0. The van der Waals surface area contributed by atoms with Crippen molar-refractivity contribution >= 4 is 34.1 Å². The Hall–Kier alpha value is -4.08. The molecule has 39 heavy (non-hydrogen) atoms. The van der Waals surface area contributed by atoms with Gasteiger partial charge in [-0.05, 0) is 70.4 Å². The highest BCUT2D eigenvalue weighted by atomic mass is 16.6. The lowest BCUT2D eigenvalue weighted by atomic mass is 10.1. The van der Waals surface area contributed by atoms with Gasteiger partial charge < -0.3 is 29.1 Å². The molecule has 0 radical (unpaired) electrons. The first-order valence-corrected chi connectivity index (χ1v) is 13.3. The van der Waals surface area contributed by atoms with Crippen molar-refractivity contribution in [2.45, 2.75) is 71.1 Å². The number of benzene rings is 1. The number of aromatic amines is 1. The van der Waals surface area contributed by atoms with Crippen molar-refractivity contribution in [2.75, 3.05) is 14.2 Å². The summed E-state index contributed by atoms with van der Waals surface area (Å²) in [5.41, 5.74) is 3.57. The number of amides is 1. The number of esters is 1. The van der Waals surface area contributed by atoms with E-state index in [0.29, 0.717) is 28.5 Å². The van der Waals surface area contributed by atoms with Gasteiger partial charge in [-0.25, -0.2) is 19.6 Å². The standard InChI is InChI=1S/C29H35N5O5/c1-7-8-19(33-28(36)39-29(2,3)4)20-12-9-16-13-22(31-25(16)30-20)26-32-21-14-17(27(35)38-6)15-23(37-5)24(21)34(26)18-10-11-18/h9,12-15,18-19H,7-8,10-11H2,1-6H3,(H,30,31)(H,33,36)/t19-/m1/s1. The van der Waals surface area contributed by atoms with Gasteiger partial charge in [-0.1, -0.05) is 13.3 Å². The van der Waals surface area contributed by atoms with Crippen LogP contribution in [0.25, 0.3) is 33.6 Å². The zero-order valence-electron chi connectivity index (χ0n) is 23.3. The van der Waals surface area contributed by atoms with Crippen LogP contribution in [-0.2, 0) is 9.47 Å². The third kappa shape index (κ3) is 5.41. The Morgan fingerprint density at radius 2 is 1.92 bits per heavy atom. The van der Waals surface area contributed by atoms with Gasteiger partial charge in [-0.3, -0.25) is 0 Å². The molecular formula is C29H35N5O5. The second kappa shape index (κ2) is 10.2. The predicted octanol–water partition coefficient (Wildman–Crippen LogP) is 6.08. The van der Waals surface area contributed by atoms with Gasteiger partial charge in [0.1, 0.15) is 22.5 Å². The number of methoxy groups -OCH3 is 2. The van der Waals surface area contributed by atoms with Crippen LogP contribution in [0, 0.1) is 0 Å². The van der Waals surface area contributed by atoms with Crippen molar-refractivity contribution in [3.8, 4) is 17.3 Å². The topological polar surface area (TPSA) is 120 Å². The fourth-order valence-electron chi connectivity index (χ4n) is 4.83. The van der Waals surface area contributed by atoms with Crippen molar-refractivity contribution in [3.63, 3.8) is 0 Å². The molecule has 0 unspecified atom stereocenters. The first-order chi connectivity index (χ1) is 18.6. The molecule has 3 heterocycles. The maximum Gasteiger partial charge on any atom is 0.408 e. The first-order valence-electron chi connectivity index (χ1n) is 13.3. The number of ether oxygens (including phenoxy) is 3. The monoisotopic (exact) mass is 533 g/mol. The molecule has 10 nitrogen and oxygen atoms in total. The van der Waals surface area contributed by atoms with Crippen LogP contribution in [0.4, 0.5) is 4.79 Å². The molecule has 1 aromatic carbocycles. The van der Waals surface area contributed by atoms with E-state index >= 15 is 0 Å². The SMILES string of the molecule is CCC[C@@H](NC(=O)OC(C)(C)C)c1ccc2cc(-c3nc4cc(C(=O)OC)cc(OC)c4n3C3CC3)[nH]c2n1. The highest BCUT2D eigenvalue weighted by Crippen LogP contribution is 2.44. The molecule has 1 amide bonds. The van der Waals surface area contributed by atoms with Gasteiger partial charge in [0.25, 0.3) is 0 Å². The predicted molar refractivity (Wildman–Crippen MR) is 148 cm³/mol. The summed E-state index contributed by atoms with van der Waals surface area (Å²) in [5.74, 6) is 0.886. The van der Waals surface area contributed by atoms with Crippen molar-refractivity contribution < 1.29 is 23.8 Å². The second-order valence-electron chi connectivity index (χ2n) is 10.9. The Balaban J connectivity index is 1.55. The summed E-state index contributed by atoms with van der Waals surface area (Å²) < 4.78 is 18.3. The Morgan fingerprint density at radius 3 is 2.56 bits per heavy atom. The molecular weight excluding hydrogens is 498 g/mol. The first kappa shape index (κ1) is 26.5. The lowest BCUT2D eigenvalue weighted by Gasteiger charge is -2.23. The quantitative estimate of drug-likeness (QED) is 0.264. The summed E-state index contributed by atoms with van der Waals surface area (Å²) in [6.07, 6.45) is 3.21. The maximum absolute atomic E-state index is 12.5. The van der Waals surface area contributed by atoms with Crippen LogP contribution in [-0.4, -0.2) is 51.4 Å². The van der Waals surface area contributed by atoms with Crippen LogP contribution >= 0.6 is 0 Å². The summed E-state index contributed by atoms with van der Waals surface area (Å²) in [7, 11) is 2.94. The minimum Gasteiger partial charge on any atom is -0.494 e. The van der Waals surface area contributed by atoms with Crippen LogP contribution in [0.15, 0.2) is 30.3 Å². The van der Waals surface area contributed by atoms with Crippen LogP contribution in [0.1, 0.15) is 81.5 Å². The number of nitrogens with one attached hydrogen (secondary N) is 2. The number of pyridine rings is 1. The van der Waals surface area contributed by atoms with Crippen molar-refractivity contribution in [3.05, 3.63) is 41.6 Å². The normalized spacial score (nSPS) is 14.4. The number of alkyl carbamates (subject to hydrolysis) is 1. The summed E-state index contributed by atoms with van der Waals surface area (Å²) in [6.45, 7) is 7.59. The highest BCUT2D eigenvalue weighted by Gasteiger charge is 2.31. The Bertz CT molecular complexity index is 1540. The zero-order valence-corrected chi connectivity index (χ0v) is 23.3. The number of hydrogen-bond acceptors (Lipinski definition) is 7. The molecule has 5 rings (SSSR count). The van der Waals surface area contributed by atoms with Gasteiger partial charge >= 0.3 is 12.1 Å². The Morgan fingerprint density at radius 1 is 1.15 bits per heavy atom. The van der Waals surface area contributed by atoms with E-state index in [2.05, 4.69) is 21.8 Å². The van der Waals surface area contributed by atoms with Crippen molar-refractivity contribution in [2.24, 2.45) is 0 Å². The van der Waals surface area contributed by atoms with E-state index in [1.165, 1.54) is 7.11 Å². The number of rotatable bonds is 8. The fraction of sp³-hybridized carbons (Fsp3) is 0.448. The van der Waals surface area contributed by atoms with Crippen LogP contribution in [0.3, 0.4) is 0 Å². The number of H-pyrrole nitrogens is 1. The summed E-state index contributed by atoms with van der Waals surface area (Å²) in [5, 5.41) is 3.90. The van der Waals surface area contributed by atoms with E-state index in [0.717, 1.165) is 53.8 Å². The molecule has 0 aliphatic heterocycles. The smallest absolute Gasteiger partial charge is 0.408 e. The van der Waals surface area contributed by atoms with Crippen molar-refractivity contribution in [1.29, 1.82) is 0 Å². The average molecular weight is 534 g/mol. The number of hydrogen-bond donors (Lipinski definition) is 2. The van der Waals surface area contributed by atoms with Gasteiger partial charge in [0.15, 0.2) is 5.82 Å². The molecule has 10 heteroatoms. The lowest BCUT2D eigenvalue weighted by molar-refractivity contribution is 0.0498. The van der Waals surface area contributed by atoms with Gasteiger partial charge in [-0.2, -0.15) is 0 Å². The maximum atomic E-state index is 12.5. The van der Waals surface area contributed by atoms with Crippen LogP contribution < -0.4 is 10.1 Å². The van der Waals surface area contributed by atoms with Crippen molar-refractivity contribution in [1.82, 2.24) is 24.8 Å². The minimum absolute atomic E-state index is 0.280. The average Bonchev–Trinajstić information content (AvgIpc) is 3.51. The van der Waals surface area contributed by atoms with Crippen LogP contribution in [0.5, 0.6) is 5.75 Å². The summed E-state index contributed by atoms with van der Waals surface area (Å²) in [6, 6.07) is 9.41. The molecule has 1 fully saturated rings. The number of fused-ring (bicyclic) bond motifs is 2. The molecule has 3 aromatic heterocycles. The molecule has 1 aliphatic carbocycles. The number of carbonyl (C=O) groups excluding carboxylic acids is 2. The van der Waals surface area contributed by atoms with Gasteiger partial charge in [-0.15, -0.1) is 0 Å². The lowest BCUT2D eigenvalue weighted by Crippen LogP contribution is -2.35. The van der Waals surface area contributed by atoms with E-state index in [1.807, 2.05) is 39.0 Å². The molecule has 1 saturated carbocycles. The van der Waals surface area contributed by atoms with E-state index in [1.54, 1.807) is 19.2 Å². The van der Waals surface area contributed by atoms with Gasteiger partial charge in [0.2, 0.25) is 0 Å². The molecule has 0 bridgehead atoms. The third-order valence-electron chi connectivity index (χ3n) is 6.67. The fourth-order valence-corrected chi connectivity index (χ4v) is 4.83. The number of nitrogens with zero attached hydrogens (tertiary/aromatic N) is 3. The minimum atomic E-state index is -0.583. The van der Waals surface area contributed by atoms with Gasteiger partial charge in [0, 0.05) is 11.4 Å². The Kier molecular flexibility index (Phi) is 6.96. The van der Waals surface area contributed by atoms with E-state index in [4.69, 9.17) is 24.2 Å². The molecule has 1 aliphatic rings. The molecule has 206 valence electrons. The van der Waals surface area contributed by atoms with E-state index in [-0.39, 0.29) is 6.04 Å². The number of imidazole rings is 1. The molecule has 0 saturated heterocycles. The molecule has 2 N–H and O–H groups in total. The number of aromatic nitrogens is 4. The second-order valence-corrected chi connectivity index (χ2v) is 10.9. The molecule has 0 spiro atoms. The van der Waals surface area contributed by atoms with E-state index < -0.39 is 17.7 Å². The third-order valence-corrected chi connectivity index (χ3v) is 6.67. The largest absolute Gasteiger partial charge is 0.494 e. The van der Waals surface area contributed by atoms with E-state index in [9.17, 15) is 9.59 Å². The Labute approximate surface area is 227 Å². The number of carbonyl (C=O) groups is 2. The zero-order chi connectivity index (χ0) is 27.9. The summed E-state index contributed by atoms with van der Waals surface area (Å²) >= 11 is 0. The van der Waals surface area contributed by atoms with Crippen LogP contribution in [0.2, 0.25) is 0 Å². The highest BCUT2D eigenvalue weighted by molar-refractivity contribution is 5.97.